The summed E-state index contributed by atoms with van der Waals surface area (Å²) < 4.78 is 19.2. The number of amides is 1. The van der Waals surface area contributed by atoms with Crippen molar-refractivity contribution >= 4 is 45.9 Å². The van der Waals surface area contributed by atoms with Gasteiger partial charge in [-0.05, 0) is 66.9 Å². The minimum absolute atomic E-state index is 0.0286. The van der Waals surface area contributed by atoms with Crippen LogP contribution < -0.4 is 15.0 Å². The van der Waals surface area contributed by atoms with Crippen LogP contribution in [0.1, 0.15) is 18.4 Å². The fourth-order valence-corrected chi connectivity index (χ4v) is 4.86. The summed E-state index contributed by atoms with van der Waals surface area (Å²) >= 11 is 6.48. The molecule has 1 N–H and O–H groups in total. The molecule has 1 fully saturated rings. The number of anilines is 3. The van der Waals surface area contributed by atoms with Crippen molar-refractivity contribution in [3.8, 4) is 5.75 Å². The second kappa shape index (κ2) is 11.7. The van der Waals surface area contributed by atoms with E-state index in [0.29, 0.717) is 52.0 Å². The Morgan fingerprint density at radius 3 is 2.77 bits per heavy atom. The molecule has 0 atom stereocenters. The van der Waals surface area contributed by atoms with Crippen molar-refractivity contribution < 1.29 is 13.9 Å². The summed E-state index contributed by atoms with van der Waals surface area (Å²) in [5.74, 6) is 1.49. The number of piperidine rings is 1. The number of hydrogen-bond donors (Lipinski definition) is 1. The summed E-state index contributed by atoms with van der Waals surface area (Å²) in [4.78, 5) is 29.6. The molecule has 0 spiro atoms. The minimum Gasteiger partial charge on any atom is -0.487 e. The average Bonchev–Trinajstić information content (AvgIpc) is 2.96. The summed E-state index contributed by atoms with van der Waals surface area (Å²) in [5, 5.41) is 3.70. The van der Waals surface area contributed by atoms with Gasteiger partial charge in [-0.3, -0.25) is 4.79 Å². The molecule has 1 saturated heterocycles. The molecule has 2 aromatic carbocycles. The number of carbonyl (C=O) groups is 1. The third kappa shape index (κ3) is 6.09. The van der Waals surface area contributed by atoms with Gasteiger partial charge in [-0.2, -0.15) is 0 Å². The van der Waals surface area contributed by atoms with E-state index < -0.39 is 0 Å². The zero-order valence-electron chi connectivity index (χ0n) is 21.5. The number of aromatic nitrogens is 3. The Morgan fingerprint density at radius 1 is 1.21 bits per heavy atom. The van der Waals surface area contributed by atoms with Gasteiger partial charge in [-0.25, -0.2) is 19.3 Å². The van der Waals surface area contributed by atoms with Gasteiger partial charge >= 0.3 is 0 Å². The molecule has 3 heterocycles. The highest BCUT2D eigenvalue weighted by Gasteiger charge is 2.25. The quantitative estimate of drug-likeness (QED) is 0.282. The molecule has 0 saturated carbocycles. The number of carbonyl (C=O) groups excluding carboxylic acids is 1. The van der Waals surface area contributed by atoms with E-state index in [2.05, 4.69) is 26.8 Å². The number of rotatable bonds is 8. The van der Waals surface area contributed by atoms with Crippen LogP contribution in [0, 0.1) is 5.82 Å². The van der Waals surface area contributed by atoms with Gasteiger partial charge in [0.25, 0.3) is 0 Å². The third-order valence-electron chi connectivity index (χ3n) is 6.81. The number of ether oxygens (including phenoxy) is 1. The summed E-state index contributed by atoms with van der Waals surface area (Å²) in [5.41, 5.74) is 2.75. The Balaban J connectivity index is 1.30. The van der Waals surface area contributed by atoms with Gasteiger partial charge in [0.05, 0.1) is 10.5 Å². The predicted octanol–water partition coefficient (Wildman–Crippen LogP) is 5.75. The molecule has 5 rings (SSSR count). The second-order valence-electron chi connectivity index (χ2n) is 9.32. The SMILES string of the molecule is C=CC(=O)N1CCC(N(C)c2ccc3ncnc(Nc4ccc(OCc5cccc(F)c5)c(Cl)c4)c3n2)CC1. The highest BCUT2D eigenvalue weighted by molar-refractivity contribution is 6.32. The molecule has 1 aliphatic heterocycles. The molecule has 1 aliphatic rings. The summed E-state index contributed by atoms with van der Waals surface area (Å²) in [6, 6.07) is 15.7. The number of hydrogen-bond acceptors (Lipinski definition) is 7. The fraction of sp³-hybridized carbons (Fsp3) is 0.241. The van der Waals surface area contributed by atoms with E-state index in [-0.39, 0.29) is 24.4 Å². The van der Waals surface area contributed by atoms with Crippen LogP contribution >= 0.6 is 11.6 Å². The molecule has 4 aromatic rings. The lowest BCUT2D eigenvalue weighted by Gasteiger charge is -2.37. The normalized spacial score (nSPS) is 13.8. The van der Waals surface area contributed by atoms with Crippen molar-refractivity contribution in [2.24, 2.45) is 0 Å². The van der Waals surface area contributed by atoms with Gasteiger partial charge in [0.1, 0.15) is 35.8 Å². The topological polar surface area (TPSA) is 83.5 Å². The van der Waals surface area contributed by atoms with Crippen molar-refractivity contribution in [1.29, 1.82) is 0 Å². The number of pyridine rings is 1. The predicted molar refractivity (Wildman–Crippen MR) is 151 cm³/mol. The van der Waals surface area contributed by atoms with Crippen LogP contribution in [-0.4, -0.2) is 51.9 Å². The van der Waals surface area contributed by atoms with Crippen LogP contribution in [0.5, 0.6) is 5.75 Å². The Labute approximate surface area is 231 Å². The van der Waals surface area contributed by atoms with Gasteiger partial charge in [-0.1, -0.05) is 30.3 Å². The number of likely N-dealkylation sites (tertiary alicyclic amines) is 1. The van der Waals surface area contributed by atoms with Crippen LogP contribution in [0.3, 0.4) is 0 Å². The third-order valence-corrected chi connectivity index (χ3v) is 7.10. The van der Waals surface area contributed by atoms with E-state index in [4.69, 9.17) is 21.3 Å². The van der Waals surface area contributed by atoms with Crippen molar-refractivity contribution in [2.75, 3.05) is 30.4 Å². The lowest BCUT2D eigenvalue weighted by Crippen LogP contribution is -2.45. The Kier molecular flexibility index (Phi) is 7.88. The van der Waals surface area contributed by atoms with E-state index >= 15 is 0 Å². The Hall–Kier alpha value is -4.24. The number of fused-ring (bicyclic) bond motifs is 1. The largest absolute Gasteiger partial charge is 0.487 e. The van der Waals surface area contributed by atoms with Gasteiger partial charge in [-0.15, -0.1) is 0 Å². The number of nitrogens with zero attached hydrogens (tertiary/aromatic N) is 5. The molecule has 1 amide bonds. The van der Waals surface area contributed by atoms with Crippen LogP contribution in [0.4, 0.5) is 21.7 Å². The molecule has 2 aromatic heterocycles. The molecule has 0 bridgehead atoms. The second-order valence-corrected chi connectivity index (χ2v) is 9.73. The molecular weight excluding hydrogens is 519 g/mol. The van der Waals surface area contributed by atoms with Gasteiger partial charge < -0.3 is 19.9 Å². The summed E-state index contributed by atoms with van der Waals surface area (Å²) in [6.45, 7) is 5.15. The van der Waals surface area contributed by atoms with Gasteiger partial charge in [0, 0.05) is 31.9 Å². The molecule has 200 valence electrons. The molecule has 10 heteroatoms. The first-order chi connectivity index (χ1) is 18.9. The Morgan fingerprint density at radius 2 is 2.03 bits per heavy atom. The number of nitrogens with one attached hydrogen (secondary N) is 1. The zero-order valence-corrected chi connectivity index (χ0v) is 22.2. The van der Waals surface area contributed by atoms with E-state index in [9.17, 15) is 9.18 Å². The van der Waals surface area contributed by atoms with Crippen LogP contribution in [-0.2, 0) is 11.4 Å². The van der Waals surface area contributed by atoms with E-state index in [1.165, 1.54) is 24.5 Å². The lowest BCUT2D eigenvalue weighted by molar-refractivity contribution is -0.126. The van der Waals surface area contributed by atoms with E-state index in [1.807, 2.05) is 30.1 Å². The van der Waals surface area contributed by atoms with Crippen molar-refractivity contribution in [3.63, 3.8) is 0 Å². The molecule has 0 unspecified atom stereocenters. The molecule has 8 nitrogen and oxygen atoms in total. The number of benzene rings is 2. The molecule has 39 heavy (non-hydrogen) atoms. The first-order valence-corrected chi connectivity index (χ1v) is 13.0. The summed E-state index contributed by atoms with van der Waals surface area (Å²) in [6.07, 6.45) is 4.54. The number of halogens is 2. The average molecular weight is 547 g/mol. The molecule has 0 radical (unpaired) electrons. The first kappa shape index (κ1) is 26.4. The minimum atomic E-state index is -0.313. The fourth-order valence-electron chi connectivity index (χ4n) is 4.63. The first-order valence-electron chi connectivity index (χ1n) is 12.6. The van der Waals surface area contributed by atoms with E-state index in [1.54, 1.807) is 24.3 Å². The lowest BCUT2D eigenvalue weighted by atomic mass is 10.0. The maximum atomic E-state index is 13.4. The summed E-state index contributed by atoms with van der Waals surface area (Å²) in [7, 11) is 2.02. The van der Waals surface area contributed by atoms with Crippen LogP contribution in [0.2, 0.25) is 5.02 Å². The van der Waals surface area contributed by atoms with Crippen molar-refractivity contribution in [1.82, 2.24) is 19.9 Å². The highest BCUT2D eigenvalue weighted by atomic mass is 35.5. The standard InChI is InChI=1S/C29H28ClFN6O2/c1-3-27(38)37-13-11-22(12-14-37)36(2)26-10-8-24-28(35-26)29(33-18-32-24)34-21-7-9-25(23(30)16-21)39-17-19-5-4-6-20(31)15-19/h3-10,15-16,18,22H,1,11-14,17H2,2H3,(H,32,33,34). The molecular formula is C29H28ClFN6O2. The maximum Gasteiger partial charge on any atom is 0.245 e. The monoisotopic (exact) mass is 546 g/mol. The van der Waals surface area contributed by atoms with Gasteiger partial charge in [0.2, 0.25) is 5.91 Å². The Bertz CT molecular complexity index is 1510. The zero-order chi connectivity index (χ0) is 27.4. The van der Waals surface area contributed by atoms with Crippen molar-refractivity contribution in [2.45, 2.75) is 25.5 Å². The highest BCUT2D eigenvalue weighted by Crippen LogP contribution is 2.31. The van der Waals surface area contributed by atoms with Crippen LogP contribution in [0.25, 0.3) is 11.0 Å². The maximum absolute atomic E-state index is 13.4. The van der Waals surface area contributed by atoms with E-state index in [0.717, 1.165) is 18.7 Å². The molecule has 0 aliphatic carbocycles. The smallest absolute Gasteiger partial charge is 0.245 e. The van der Waals surface area contributed by atoms with Crippen molar-refractivity contribution in [3.05, 3.63) is 90.0 Å². The van der Waals surface area contributed by atoms with Crippen LogP contribution in [0.15, 0.2) is 73.6 Å². The van der Waals surface area contributed by atoms with Gasteiger partial charge in [0.15, 0.2) is 5.82 Å².